The van der Waals surface area contributed by atoms with Gasteiger partial charge in [-0.05, 0) is 35.9 Å². The number of nitrogens with zero attached hydrogens (tertiary/aromatic N) is 1. The molecule has 2 aromatic carbocycles. The van der Waals surface area contributed by atoms with Crippen LogP contribution in [0.25, 0.3) is 0 Å². The molecular weight excluding hydrogens is 361 g/mol. The Bertz CT molecular complexity index is 990. The Morgan fingerprint density at radius 1 is 1.07 bits per heavy atom. The first kappa shape index (κ1) is 19.0. The van der Waals surface area contributed by atoms with Crippen LogP contribution < -0.4 is 10.6 Å². The molecule has 0 aliphatic carbocycles. The first-order valence-corrected chi connectivity index (χ1v) is 8.50. The highest BCUT2D eigenvalue weighted by Crippen LogP contribution is 2.22. The van der Waals surface area contributed by atoms with E-state index in [1.54, 1.807) is 48.5 Å². The van der Waals surface area contributed by atoms with Gasteiger partial charge in [0.15, 0.2) is 0 Å². The van der Waals surface area contributed by atoms with Crippen LogP contribution >= 0.6 is 0 Å². The van der Waals surface area contributed by atoms with Gasteiger partial charge in [-0.25, -0.2) is 14.2 Å². The number of methoxy groups -OCH3 is 1. The Balaban J connectivity index is 1.70. The quantitative estimate of drug-likeness (QED) is 0.635. The van der Waals surface area contributed by atoms with E-state index in [1.807, 2.05) is 0 Å². The highest BCUT2D eigenvalue weighted by molar-refractivity contribution is 5.96. The number of halogens is 1. The van der Waals surface area contributed by atoms with Gasteiger partial charge in [0.2, 0.25) is 5.91 Å². The smallest absolute Gasteiger partial charge is 0.339 e. The molecule has 0 aliphatic heterocycles. The van der Waals surface area contributed by atoms with E-state index in [4.69, 9.17) is 4.74 Å². The van der Waals surface area contributed by atoms with Gasteiger partial charge in [-0.3, -0.25) is 4.79 Å². The first-order valence-electron chi connectivity index (χ1n) is 8.50. The van der Waals surface area contributed by atoms with Gasteiger partial charge in [-0.1, -0.05) is 24.3 Å². The third-order valence-corrected chi connectivity index (χ3v) is 3.92. The average molecular weight is 379 g/mol. The van der Waals surface area contributed by atoms with Crippen LogP contribution in [-0.2, 0) is 16.0 Å². The van der Waals surface area contributed by atoms with Gasteiger partial charge in [0, 0.05) is 18.0 Å². The van der Waals surface area contributed by atoms with E-state index in [0.717, 1.165) is 0 Å². The molecule has 3 aromatic rings. The van der Waals surface area contributed by atoms with Gasteiger partial charge in [-0.15, -0.1) is 0 Å². The molecule has 7 heteroatoms. The van der Waals surface area contributed by atoms with Crippen molar-refractivity contribution in [3.63, 3.8) is 0 Å². The van der Waals surface area contributed by atoms with Crippen molar-refractivity contribution in [2.24, 2.45) is 0 Å². The van der Waals surface area contributed by atoms with Gasteiger partial charge in [0.05, 0.1) is 24.8 Å². The minimum absolute atomic E-state index is 0.102. The standard InChI is InChI=1S/C21H18FN3O3/c1-28-21(27)17-4-2-3-5-18(17)24-16-10-11-23-19(13-16)25-20(26)12-14-6-8-15(22)9-7-14/h2-11,13H,12H2,1H3,(H2,23,24,25,26). The van der Waals surface area contributed by atoms with Crippen molar-refractivity contribution in [1.29, 1.82) is 0 Å². The number of carbonyl (C=O) groups is 2. The van der Waals surface area contributed by atoms with Crippen LogP contribution in [-0.4, -0.2) is 24.0 Å². The third-order valence-electron chi connectivity index (χ3n) is 3.92. The highest BCUT2D eigenvalue weighted by atomic mass is 19.1. The molecule has 1 amide bonds. The van der Waals surface area contributed by atoms with Crippen LogP contribution in [0.1, 0.15) is 15.9 Å². The number of benzene rings is 2. The molecule has 142 valence electrons. The van der Waals surface area contributed by atoms with Gasteiger partial charge < -0.3 is 15.4 Å². The monoisotopic (exact) mass is 379 g/mol. The number of esters is 1. The fraction of sp³-hybridized carbons (Fsp3) is 0.0952. The number of nitrogens with one attached hydrogen (secondary N) is 2. The number of carbonyl (C=O) groups excluding carboxylic acids is 2. The molecular formula is C21H18FN3O3. The number of pyridine rings is 1. The molecule has 1 heterocycles. The van der Waals surface area contributed by atoms with Gasteiger partial charge in [-0.2, -0.15) is 0 Å². The van der Waals surface area contributed by atoms with Crippen molar-refractivity contribution >= 4 is 29.1 Å². The summed E-state index contributed by atoms with van der Waals surface area (Å²) in [6.07, 6.45) is 1.64. The van der Waals surface area contributed by atoms with Crippen molar-refractivity contribution in [2.45, 2.75) is 6.42 Å². The summed E-state index contributed by atoms with van der Waals surface area (Å²) in [5.41, 5.74) is 2.30. The molecule has 6 nitrogen and oxygen atoms in total. The molecule has 28 heavy (non-hydrogen) atoms. The first-order chi connectivity index (χ1) is 13.5. The number of hydrogen-bond donors (Lipinski definition) is 2. The van der Waals surface area contributed by atoms with Crippen molar-refractivity contribution in [3.05, 3.63) is 83.8 Å². The van der Waals surface area contributed by atoms with Crippen LogP contribution in [0.15, 0.2) is 66.9 Å². The number of amides is 1. The largest absolute Gasteiger partial charge is 0.465 e. The highest BCUT2D eigenvalue weighted by Gasteiger charge is 2.12. The van der Waals surface area contributed by atoms with Gasteiger partial charge >= 0.3 is 5.97 Å². The third kappa shape index (κ3) is 4.91. The average Bonchev–Trinajstić information content (AvgIpc) is 2.70. The maximum Gasteiger partial charge on any atom is 0.339 e. The van der Waals surface area contributed by atoms with Crippen molar-refractivity contribution in [1.82, 2.24) is 4.98 Å². The lowest BCUT2D eigenvalue weighted by Gasteiger charge is -2.12. The van der Waals surface area contributed by atoms with Crippen molar-refractivity contribution in [2.75, 3.05) is 17.7 Å². The number of rotatable bonds is 6. The zero-order chi connectivity index (χ0) is 19.9. The maximum absolute atomic E-state index is 12.9. The maximum atomic E-state index is 12.9. The second-order valence-corrected chi connectivity index (χ2v) is 5.94. The van der Waals surface area contributed by atoms with Crippen LogP contribution in [0.5, 0.6) is 0 Å². The summed E-state index contributed by atoms with van der Waals surface area (Å²) in [4.78, 5) is 28.2. The molecule has 0 spiro atoms. The minimum Gasteiger partial charge on any atom is -0.465 e. The number of anilines is 3. The second kappa shape index (κ2) is 8.77. The van der Waals surface area contributed by atoms with Crippen LogP contribution in [0.2, 0.25) is 0 Å². The number of para-hydroxylation sites is 1. The van der Waals surface area contributed by atoms with Gasteiger partial charge in [0.25, 0.3) is 0 Å². The Morgan fingerprint density at radius 2 is 1.82 bits per heavy atom. The summed E-state index contributed by atoms with van der Waals surface area (Å²) in [7, 11) is 1.32. The van der Waals surface area contributed by atoms with E-state index >= 15 is 0 Å². The van der Waals surface area contributed by atoms with Crippen LogP contribution in [0.3, 0.4) is 0 Å². The molecule has 0 bridgehead atoms. The summed E-state index contributed by atoms with van der Waals surface area (Å²) < 4.78 is 17.7. The Morgan fingerprint density at radius 3 is 2.57 bits per heavy atom. The molecule has 1 aromatic heterocycles. The van der Waals surface area contributed by atoms with E-state index in [1.165, 1.54) is 25.4 Å². The van der Waals surface area contributed by atoms with Crippen LogP contribution in [0.4, 0.5) is 21.6 Å². The van der Waals surface area contributed by atoms with E-state index in [-0.39, 0.29) is 18.1 Å². The predicted molar refractivity (Wildman–Crippen MR) is 104 cm³/mol. The summed E-state index contributed by atoms with van der Waals surface area (Å²) in [5, 5.41) is 5.83. The number of aromatic nitrogens is 1. The fourth-order valence-electron chi connectivity index (χ4n) is 2.59. The predicted octanol–water partition coefficient (Wildman–Crippen LogP) is 3.93. The zero-order valence-corrected chi connectivity index (χ0v) is 15.1. The molecule has 2 N–H and O–H groups in total. The molecule has 0 atom stereocenters. The fourth-order valence-corrected chi connectivity index (χ4v) is 2.59. The summed E-state index contributed by atoms with van der Waals surface area (Å²) in [5.74, 6) is -0.722. The molecule has 0 radical (unpaired) electrons. The van der Waals surface area contributed by atoms with Crippen molar-refractivity contribution < 1.29 is 18.7 Å². The second-order valence-electron chi connectivity index (χ2n) is 5.94. The Labute approximate surface area is 161 Å². The van der Waals surface area contributed by atoms with E-state index in [2.05, 4.69) is 15.6 Å². The van der Waals surface area contributed by atoms with E-state index in [0.29, 0.717) is 28.3 Å². The number of ether oxygens (including phenoxy) is 1. The normalized spacial score (nSPS) is 10.2. The molecule has 0 fully saturated rings. The Kier molecular flexibility index (Phi) is 5.96. The lowest BCUT2D eigenvalue weighted by molar-refractivity contribution is -0.115. The summed E-state index contributed by atoms with van der Waals surface area (Å²) >= 11 is 0. The molecule has 0 unspecified atom stereocenters. The van der Waals surface area contributed by atoms with E-state index in [9.17, 15) is 14.0 Å². The Hall–Kier alpha value is -3.74. The summed E-state index contributed by atoms with van der Waals surface area (Å²) in [6, 6.07) is 16.0. The molecule has 0 saturated heterocycles. The molecule has 3 rings (SSSR count). The zero-order valence-electron chi connectivity index (χ0n) is 15.1. The van der Waals surface area contributed by atoms with Gasteiger partial charge in [0.1, 0.15) is 11.6 Å². The van der Waals surface area contributed by atoms with Crippen LogP contribution in [0, 0.1) is 5.82 Å². The lowest BCUT2D eigenvalue weighted by Crippen LogP contribution is -2.15. The van der Waals surface area contributed by atoms with E-state index < -0.39 is 5.97 Å². The lowest BCUT2D eigenvalue weighted by atomic mass is 10.1. The van der Waals surface area contributed by atoms with Crippen molar-refractivity contribution in [3.8, 4) is 0 Å². The molecule has 0 aliphatic rings. The minimum atomic E-state index is -0.454. The molecule has 0 saturated carbocycles. The topological polar surface area (TPSA) is 80.3 Å². The summed E-state index contributed by atoms with van der Waals surface area (Å²) in [6.45, 7) is 0. The number of hydrogen-bond acceptors (Lipinski definition) is 5. The SMILES string of the molecule is COC(=O)c1ccccc1Nc1ccnc(NC(=O)Cc2ccc(F)cc2)c1.